The van der Waals surface area contributed by atoms with Gasteiger partial charge in [-0.1, -0.05) is 17.8 Å². The predicted molar refractivity (Wildman–Crippen MR) is 84.8 cm³/mol. The van der Waals surface area contributed by atoms with Crippen LogP contribution in [0.1, 0.15) is 11.4 Å². The second kappa shape index (κ2) is 7.12. The van der Waals surface area contributed by atoms with Crippen LogP contribution in [0, 0.1) is 13.8 Å². The molecule has 0 radical (unpaired) electrons. The van der Waals surface area contributed by atoms with Crippen LogP contribution in [0.15, 0.2) is 28.3 Å². The van der Waals surface area contributed by atoms with Crippen molar-refractivity contribution in [3.63, 3.8) is 0 Å². The molecule has 0 aliphatic carbocycles. The lowest BCUT2D eigenvalue weighted by Crippen LogP contribution is -2.26. The Balaban J connectivity index is 1.98. The van der Waals surface area contributed by atoms with Crippen molar-refractivity contribution >= 4 is 21.8 Å². The molecule has 9 heteroatoms. The first-order chi connectivity index (χ1) is 10.4. The number of H-pyrrole nitrogens is 1. The van der Waals surface area contributed by atoms with Gasteiger partial charge >= 0.3 is 0 Å². The minimum atomic E-state index is -3.61. The first-order valence-electron chi connectivity index (χ1n) is 6.58. The number of hydrogen-bond donors (Lipinski definition) is 2. The number of nitrogens with zero attached hydrogens (tertiary/aromatic N) is 2. The van der Waals surface area contributed by atoms with Crippen molar-refractivity contribution in [2.24, 2.45) is 0 Å². The highest BCUT2D eigenvalue weighted by Crippen LogP contribution is 2.24. The number of aryl methyl sites for hydroxylation is 2. The van der Waals surface area contributed by atoms with Crippen LogP contribution < -0.4 is 9.46 Å². The van der Waals surface area contributed by atoms with Gasteiger partial charge in [-0.05, 0) is 31.5 Å². The van der Waals surface area contributed by atoms with E-state index in [1.165, 1.54) is 18.9 Å². The Morgan fingerprint density at radius 2 is 2.14 bits per heavy atom. The SMILES string of the molecule is COc1ccc(C)cc1S(=O)(=O)NCCSc1n[nH]c(C)n1. The molecule has 1 heterocycles. The van der Waals surface area contributed by atoms with Gasteiger partial charge in [0.2, 0.25) is 15.2 Å². The van der Waals surface area contributed by atoms with E-state index in [0.29, 0.717) is 16.7 Å². The zero-order valence-electron chi connectivity index (χ0n) is 12.6. The maximum atomic E-state index is 12.3. The summed E-state index contributed by atoms with van der Waals surface area (Å²) in [5.41, 5.74) is 0.853. The maximum absolute atomic E-state index is 12.3. The van der Waals surface area contributed by atoms with E-state index in [0.717, 1.165) is 11.4 Å². The summed E-state index contributed by atoms with van der Waals surface area (Å²) in [7, 11) is -2.16. The number of sulfonamides is 1. The lowest BCUT2D eigenvalue weighted by molar-refractivity contribution is 0.402. The molecule has 0 fully saturated rings. The summed E-state index contributed by atoms with van der Waals surface area (Å²) in [4.78, 5) is 4.29. The molecule has 0 bridgehead atoms. The third kappa shape index (κ3) is 4.21. The minimum Gasteiger partial charge on any atom is -0.495 e. The van der Waals surface area contributed by atoms with Gasteiger partial charge in [-0.25, -0.2) is 18.1 Å². The average molecular weight is 342 g/mol. The average Bonchev–Trinajstić information content (AvgIpc) is 2.89. The Morgan fingerprint density at radius 1 is 1.36 bits per heavy atom. The fourth-order valence-electron chi connectivity index (χ4n) is 1.78. The summed E-state index contributed by atoms with van der Waals surface area (Å²) < 4.78 is 32.4. The third-order valence-electron chi connectivity index (χ3n) is 2.81. The highest BCUT2D eigenvalue weighted by atomic mass is 32.2. The molecule has 7 nitrogen and oxygen atoms in total. The van der Waals surface area contributed by atoms with Crippen LogP contribution in [0.4, 0.5) is 0 Å². The fourth-order valence-corrected chi connectivity index (χ4v) is 3.89. The summed E-state index contributed by atoms with van der Waals surface area (Å²) in [6.45, 7) is 3.92. The van der Waals surface area contributed by atoms with Crippen LogP contribution in [-0.2, 0) is 10.0 Å². The van der Waals surface area contributed by atoms with Gasteiger partial charge in [-0.15, -0.1) is 5.10 Å². The summed E-state index contributed by atoms with van der Waals surface area (Å²) in [6.07, 6.45) is 0. The molecule has 0 amide bonds. The number of methoxy groups -OCH3 is 1. The fraction of sp³-hybridized carbons (Fsp3) is 0.385. The van der Waals surface area contributed by atoms with E-state index in [9.17, 15) is 8.42 Å². The number of thioether (sulfide) groups is 1. The van der Waals surface area contributed by atoms with Gasteiger partial charge in [0.05, 0.1) is 7.11 Å². The molecule has 0 spiro atoms. The molecular weight excluding hydrogens is 324 g/mol. The summed E-state index contributed by atoms with van der Waals surface area (Å²) >= 11 is 1.38. The van der Waals surface area contributed by atoms with Crippen LogP contribution in [0.25, 0.3) is 0 Å². The highest BCUT2D eigenvalue weighted by molar-refractivity contribution is 7.99. The van der Waals surface area contributed by atoms with Crippen LogP contribution in [0.3, 0.4) is 0 Å². The third-order valence-corrected chi connectivity index (χ3v) is 5.14. The number of aromatic nitrogens is 3. The Hall–Kier alpha value is -1.58. The van der Waals surface area contributed by atoms with Gasteiger partial charge in [0.1, 0.15) is 16.5 Å². The van der Waals surface area contributed by atoms with Crippen molar-refractivity contribution in [3.05, 3.63) is 29.6 Å². The monoisotopic (exact) mass is 342 g/mol. The van der Waals surface area contributed by atoms with Crippen molar-refractivity contribution in [2.75, 3.05) is 19.4 Å². The lowest BCUT2D eigenvalue weighted by atomic mass is 10.2. The van der Waals surface area contributed by atoms with Crippen molar-refractivity contribution in [1.29, 1.82) is 0 Å². The quantitative estimate of drug-likeness (QED) is 0.585. The van der Waals surface area contributed by atoms with E-state index in [2.05, 4.69) is 19.9 Å². The number of rotatable bonds is 7. The van der Waals surface area contributed by atoms with Crippen molar-refractivity contribution in [2.45, 2.75) is 23.9 Å². The predicted octanol–water partition coefficient (Wildman–Crippen LogP) is 1.50. The smallest absolute Gasteiger partial charge is 0.244 e. The second-order valence-electron chi connectivity index (χ2n) is 4.60. The lowest BCUT2D eigenvalue weighted by Gasteiger charge is -2.11. The van der Waals surface area contributed by atoms with Gasteiger partial charge in [0.25, 0.3) is 0 Å². The van der Waals surface area contributed by atoms with Gasteiger partial charge in [-0.2, -0.15) is 0 Å². The second-order valence-corrected chi connectivity index (χ2v) is 7.40. The molecular formula is C13H18N4O3S2. The Bertz CT molecular complexity index is 743. The van der Waals surface area contributed by atoms with E-state index in [1.807, 2.05) is 13.8 Å². The molecule has 0 saturated heterocycles. The van der Waals surface area contributed by atoms with Crippen molar-refractivity contribution in [1.82, 2.24) is 19.9 Å². The van der Waals surface area contributed by atoms with E-state index in [-0.39, 0.29) is 11.4 Å². The molecule has 2 N–H and O–H groups in total. The van der Waals surface area contributed by atoms with Crippen LogP contribution in [0.5, 0.6) is 5.75 Å². The maximum Gasteiger partial charge on any atom is 0.244 e. The minimum absolute atomic E-state index is 0.147. The summed E-state index contributed by atoms with van der Waals surface area (Å²) in [5, 5.41) is 7.31. The molecule has 120 valence electrons. The molecule has 0 atom stereocenters. The zero-order valence-corrected chi connectivity index (χ0v) is 14.2. The zero-order chi connectivity index (χ0) is 16.2. The number of ether oxygens (including phenoxy) is 1. The molecule has 0 aliphatic heterocycles. The van der Waals surface area contributed by atoms with Crippen molar-refractivity contribution in [3.8, 4) is 5.75 Å². The molecule has 1 aromatic carbocycles. The molecule has 0 saturated carbocycles. The molecule has 0 aliphatic rings. The molecule has 22 heavy (non-hydrogen) atoms. The first-order valence-corrected chi connectivity index (χ1v) is 9.05. The Kier molecular flexibility index (Phi) is 5.43. The van der Waals surface area contributed by atoms with Gasteiger partial charge in [-0.3, -0.25) is 5.10 Å². The van der Waals surface area contributed by atoms with Crippen LogP contribution >= 0.6 is 11.8 Å². The normalized spacial score (nSPS) is 11.6. The first kappa shape index (κ1) is 16.8. The van der Waals surface area contributed by atoms with Crippen LogP contribution in [-0.4, -0.2) is 43.0 Å². The van der Waals surface area contributed by atoms with Gasteiger partial charge < -0.3 is 4.74 Å². The standard InChI is InChI=1S/C13H18N4O3S2/c1-9-4-5-11(20-3)12(8-9)22(18,19)14-6-7-21-13-15-10(2)16-17-13/h4-5,8,14H,6-7H2,1-3H3,(H,15,16,17). The number of aromatic amines is 1. The number of nitrogens with one attached hydrogen (secondary N) is 2. The van der Waals surface area contributed by atoms with Crippen LogP contribution in [0.2, 0.25) is 0 Å². The number of benzene rings is 1. The summed E-state index contributed by atoms with van der Waals surface area (Å²) in [5.74, 6) is 1.59. The largest absolute Gasteiger partial charge is 0.495 e. The molecule has 0 unspecified atom stereocenters. The van der Waals surface area contributed by atoms with E-state index >= 15 is 0 Å². The van der Waals surface area contributed by atoms with E-state index in [4.69, 9.17) is 4.74 Å². The van der Waals surface area contributed by atoms with Crippen molar-refractivity contribution < 1.29 is 13.2 Å². The molecule has 2 rings (SSSR count). The molecule has 2 aromatic rings. The van der Waals surface area contributed by atoms with Gasteiger partial charge in [0, 0.05) is 12.3 Å². The van der Waals surface area contributed by atoms with E-state index < -0.39 is 10.0 Å². The van der Waals surface area contributed by atoms with Gasteiger partial charge in [0.15, 0.2) is 0 Å². The molecule has 1 aromatic heterocycles. The van der Waals surface area contributed by atoms with E-state index in [1.54, 1.807) is 18.2 Å². The Morgan fingerprint density at radius 3 is 2.77 bits per heavy atom. The summed E-state index contributed by atoms with van der Waals surface area (Å²) in [6, 6.07) is 5.04. The Labute approximate surface area is 133 Å². The number of hydrogen-bond acceptors (Lipinski definition) is 6. The topological polar surface area (TPSA) is 97.0 Å². The highest BCUT2D eigenvalue weighted by Gasteiger charge is 2.19.